The molecule has 2 amide bonds. The Hall–Kier alpha value is -2.34. The minimum atomic E-state index is -0.492. The average Bonchev–Trinajstić information content (AvgIpc) is 3.05. The van der Waals surface area contributed by atoms with Crippen LogP contribution in [0.5, 0.6) is 0 Å². The van der Waals surface area contributed by atoms with Crippen molar-refractivity contribution in [1.29, 1.82) is 0 Å². The molecule has 0 spiro atoms. The summed E-state index contributed by atoms with van der Waals surface area (Å²) in [6.07, 6.45) is 1.33. The summed E-state index contributed by atoms with van der Waals surface area (Å²) >= 11 is 3.14. The number of nitro groups is 1. The van der Waals surface area contributed by atoms with Gasteiger partial charge in [-0.15, -0.1) is 0 Å². The van der Waals surface area contributed by atoms with Crippen LogP contribution in [0.4, 0.5) is 10.7 Å². The highest BCUT2D eigenvalue weighted by atomic mass is 127. The molecule has 10 heteroatoms. The van der Waals surface area contributed by atoms with Crippen molar-refractivity contribution in [3.8, 4) is 0 Å². The van der Waals surface area contributed by atoms with Crippen LogP contribution in [0, 0.1) is 20.6 Å². The van der Waals surface area contributed by atoms with E-state index in [4.69, 9.17) is 0 Å². The summed E-state index contributed by atoms with van der Waals surface area (Å²) in [6, 6.07) is 8.56. The highest BCUT2D eigenvalue weighted by Gasteiger charge is 2.09. The van der Waals surface area contributed by atoms with E-state index in [9.17, 15) is 19.7 Å². The minimum Gasteiger partial charge on any atom is -0.326 e. The maximum Gasteiger partial charge on any atom is 0.324 e. The number of hydrazone groups is 1. The SMILES string of the molecule is Cc1cc(I)ccc1NC(=O)CCC(=O)N/N=C/c1ccc([N+](=O)[O-])s1. The zero-order chi connectivity index (χ0) is 19.1. The van der Waals surface area contributed by atoms with E-state index in [2.05, 4.69) is 38.4 Å². The Morgan fingerprint density at radius 3 is 2.65 bits per heavy atom. The molecule has 2 N–H and O–H groups in total. The molecule has 0 fully saturated rings. The van der Waals surface area contributed by atoms with Crippen LogP contribution in [0.25, 0.3) is 0 Å². The van der Waals surface area contributed by atoms with Gasteiger partial charge in [-0.1, -0.05) is 11.3 Å². The molecule has 1 aromatic heterocycles. The normalized spacial score (nSPS) is 10.7. The van der Waals surface area contributed by atoms with E-state index in [-0.39, 0.29) is 23.7 Å². The van der Waals surface area contributed by atoms with Gasteiger partial charge in [0.1, 0.15) is 0 Å². The molecule has 2 aromatic rings. The summed E-state index contributed by atoms with van der Waals surface area (Å²) in [5.41, 5.74) is 3.96. The number of hydrogen-bond donors (Lipinski definition) is 2. The molecule has 26 heavy (non-hydrogen) atoms. The first kappa shape index (κ1) is 20.0. The Bertz CT molecular complexity index is 866. The number of halogens is 1. The number of hydrogen-bond acceptors (Lipinski definition) is 6. The first-order valence-electron chi connectivity index (χ1n) is 7.47. The molecule has 0 saturated heterocycles. The van der Waals surface area contributed by atoms with Gasteiger partial charge in [0.05, 0.1) is 16.0 Å². The Morgan fingerprint density at radius 2 is 2.00 bits per heavy atom. The van der Waals surface area contributed by atoms with Crippen molar-refractivity contribution < 1.29 is 14.5 Å². The average molecular weight is 486 g/mol. The van der Waals surface area contributed by atoms with Crippen molar-refractivity contribution in [2.24, 2.45) is 5.10 Å². The number of benzene rings is 1. The van der Waals surface area contributed by atoms with E-state index in [1.54, 1.807) is 0 Å². The second-order valence-corrected chi connectivity index (χ2v) is 7.57. The van der Waals surface area contributed by atoms with Crippen LogP contribution in [-0.2, 0) is 9.59 Å². The standard InChI is InChI=1S/C16H15IN4O4S/c1-10-8-11(17)2-4-13(10)19-14(22)5-6-15(23)20-18-9-12-3-7-16(26-12)21(24)25/h2-4,7-9H,5-6H2,1H3,(H,19,22)(H,20,23)/b18-9+. The van der Waals surface area contributed by atoms with Gasteiger partial charge in [-0.2, -0.15) is 5.10 Å². The number of nitrogens with zero attached hydrogens (tertiary/aromatic N) is 2. The fourth-order valence-corrected chi connectivity index (χ4v) is 3.28. The molecule has 136 valence electrons. The number of nitrogens with one attached hydrogen (secondary N) is 2. The maximum absolute atomic E-state index is 11.9. The molecule has 0 aliphatic carbocycles. The van der Waals surface area contributed by atoms with Crippen LogP contribution in [0.1, 0.15) is 23.3 Å². The van der Waals surface area contributed by atoms with Crippen LogP contribution < -0.4 is 10.7 Å². The number of rotatable bonds is 7. The maximum atomic E-state index is 11.9. The molecule has 0 radical (unpaired) electrons. The number of carbonyl (C=O) groups is 2. The summed E-state index contributed by atoms with van der Waals surface area (Å²) < 4.78 is 1.08. The smallest absolute Gasteiger partial charge is 0.324 e. The van der Waals surface area contributed by atoms with Gasteiger partial charge < -0.3 is 5.32 Å². The number of aryl methyl sites for hydroxylation is 1. The van der Waals surface area contributed by atoms with Gasteiger partial charge in [0, 0.05) is 28.2 Å². The number of carbonyl (C=O) groups excluding carboxylic acids is 2. The third kappa shape index (κ3) is 6.19. The topological polar surface area (TPSA) is 114 Å². The fourth-order valence-electron chi connectivity index (χ4n) is 1.94. The number of amides is 2. The van der Waals surface area contributed by atoms with Crippen molar-refractivity contribution in [2.45, 2.75) is 19.8 Å². The molecular formula is C16H15IN4O4S. The van der Waals surface area contributed by atoms with E-state index in [1.807, 2.05) is 25.1 Å². The lowest BCUT2D eigenvalue weighted by Gasteiger charge is -2.08. The zero-order valence-electron chi connectivity index (χ0n) is 13.7. The summed E-state index contributed by atoms with van der Waals surface area (Å²) in [5, 5.41) is 17.1. The van der Waals surface area contributed by atoms with Crippen LogP contribution in [0.3, 0.4) is 0 Å². The lowest BCUT2D eigenvalue weighted by molar-refractivity contribution is -0.380. The molecule has 1 heterocycles. The molecule has 0 aliphatic heterocycles. The Kier molecular flexibility index (Phi) is 7.21. The molecule has 0 atom stereocenters. The second-order valence-electron chi connectivity index (χ2n) is 5.23. The van der Waals surface area contributed by atoms with E-state index < -0.39 is 10.8 Å². The highest BCUT2D eigenvalue weighted by molar-refractivity contribution is 14.1. The largest absolute Gasteiger partial charge is 0.326 e. The first-order valence-corrected chi connectivity index (χ1v) is 9.37. The van der Waals surface area contributed by atoms with E-state index >= 15 is 0 Å². The van der Waals surface area contributed by atoms with Crippen molar-refractivity contribution in [1.82, 2.24) is 5.43 Å². The van der Waals surface area contributed by atoms with Crippen molar-refractivity contribution in [2.75, 3.05) is 5.32 Å². The van der Waals surface area contributed by atoms with E-state index in [0.717, 1.165) is 20.5 Å². The Labute approximate surface area is 167 Å². The second kappa shape index (κ2) is 9.38. The highest BCUT2D eigenvalue weighted by Crippen LogP contribution is 2.22. The van der Waals surface area contributed by atoms with E-state index in [1.165, 1.54) is 18.3 Å². The van der Waals surface area contributed by atoms with E-state index in [0.29, 0.717) is 10.6 Å². The molecule has 1 aromatic carbocycles. The van der Waals surface area contributed by atoms with Crippen molar-refractivity contribution >= 4 is 62.6 Å². The first-order chi connectivity index (χ1) is 12.3. The zero-order valence-corrected chi connectivity index (χ0v) is 16.7. The Morgan fingerprint density at radius 1 is 1.27 bits per heavy atom. The summed E-state index contributed by atoms with van der Waals surface area (Å²) in [4.78, 5) is 34.3. The van der Waals surface area contributed by atoms with Crippen LogP contribution in [-0.4, -0.2) is 23.0 Å². The van der Waals surface area contributed by atoms with Crippen molar-refractivity contribution in [3.05, 3.63) is 54.5 Å². The van der Waals surface area contributed by atoms with Crippen LogP contribution >= 0.6 is 33.9 Å². The number of anilines is 1. The van der Waals surface area contributed by atoms with Crippen molar-refractivity contribution in [3.63, 3.8) is 0 Å². The van der Waals surface area contributed by atoms with Crippen LogP contribution in [0.15, 0.2) is 35.4 Å². The fraction of sp³-hybridized carbons (Fsp3) is 0.188. The van der Waals surface area contributed by atoms with Crippen LogP contribution in [0.2, 0.25) is 0 Å². The van der Waals surface area contributed by atoms with Gasteiger partial charge >= 0.3 is 5.00 Å². The van der Waals surface area contributed by atoms with Gasteiger partial charge in [-0.05, 0) is 59.3 Å². The predicted octanol–water partition coefficient (Wildman–Crippen LogP) is 3.44. The van der Waals surface area contributed by atoms with Gasteiger partial charge in [0.25, 0.3) is 0 Å². The van der Waals surface area contributed by atoms with Gasteiger partial charge in [-0.3, -0.25) is 19.7 Å². The summed E-state index contributed by atoms with van der Waals surface area (Å²) in [6.45, 7) is 1.90. The lowest BCUT2D eigenvalue weighted by atomic mass is 10.2. The minimum absolute atomic E-state index is 0.000315. The summed E-state index contributed by atoms with van der Waals surface area (Å²) in [5.74, 6) is -0.677. The quantitative estimate of drug-likeness (QED) is 0.270. The lowest BCUT2D eigenvalue weighted by Crippen LogP contribution is -2.20. The molecule has 0 aliphatic rings. The van der Waals surface area contributed by atoms with Gasteiger partial charge in [-0.25, -0.2) is 5.43 Å². The molecule has 0 bridgehead atoms. The molecule has 2 rings (SSSR count). The predicted molar refractivity (Wildman–Crippen MR) is 108 cm³/mol. The monoisotopic (exact) mass is 486 g/mol. The molecule has 0 unspecified atom stereocenters. The summed E-state index contributed by atoms with van der Waals surface area (Å²) in [7, 11) is 0. The van der Waals surface area contributed by atoms with Gasteiger partial charge in [0.2, 0.25) is 11.8 Å². The molecular weight excluding hydrogens is 471 g/mol. The third-order valence-corrected chi connectivity index (χ3v) is 4.86. The van der Waals surface area contributed by atoms with Gasteiger partial charge in [0.15, 0.2) is 0 Å². The molecule has 8 nitrogen and oxygen atoms in total. The molecule has 0 saturated carbocycles. The Balaban J connectivity index is 1.76. The number of thiophene rings is 1. The third-order valence-electron chi connectivity index (χ3n) is 3.22.